The van der Waals surface area contributed by atoms with Gasteiger partial charge < -0.3 is 4.90 Å². The molecular formula is C21H22N2O3S2. The van der Waals surface area contributed by atoms with E-state index in [1.807, 2.05) is 12.1 Å². The third-order valence-electron chi connectivity index (χ3n) is 5.11. The predicted octanol–water partition coefficient (Wildman–Crippen LogP) is 3.72. The number of hydrogen-bond donors (Lipinski definition) is 1. The molecule has 1 aliphatic rings. The molecule has 4 rings (SSSR count). The lowest BCUT2D eigenvalue weighted by Crippen LogP contribution is -2.33. The molecule has 1 amide bonds. The van der Waals surface area contributed by atoms with Crippen molar-refractivity contribution in [3.63, 3.8) is 0 Å². The van der Waals surface area contributed by atoms with Gasteiger partial charge in [0.25, 0.3) is 0 Å². The van der Waals surface area contributed by atoms with E-state index in [2.05, 4.69) is 22.2 Å². The Morgan fingerprint density at radius 2 is 2.04 bits per heavy atom. The number of amides is 1. The highest BCUT2D eigenvalue weighted by Crippen LogP contribution is 2.30. The number of carbonyl (C=O) groups is 1. The summed E-state index contributed by atoms with van der Waals surface area (Å²) in [6, 6.07) is 13.2. The van der Waals surface area contributed by atoms with Crippen LogP contribution in [-0.4, -0.2) is 27.4 Å². The van der Waals surface area contributed by atoms with Crippen LogP contribution in [0.25, 0.3) is 10.1 Å². The van der Waals surface area contributed by atoms with Crippen molar-refractivity contribution in [2.75, 3.05) is 18.0 Å². The second kappa shape index (κ2) is 7.66. The Bertz CT molecular complexity index is 1140. The molecule has 1 N–H and O–H groups in total. The Morgan fingerprint density at radius 1 is 1.21 bits per heavy atom. The molecule has 1 aromatic heterocycles. The predicted molar refractivity (Wildman–Crippen MR) is 114 cm³/mol. The van der Waals surface area contributed by atoms with Gasteiger partial charge >= 0.3 is 0 Å². The first kappa shape index (κ1) is 19.1. The maximum absolute atomic E-state index is 12.7. The van der Waals surface area contributed by atoms with E-state index in [-0.39, 0.29) is 10.8 Å². The van der Waals surface area contributed by atoms with Crippen LogP contribution in [0.15, 0.2) is 52.7 Å². The van der Waals surface area contributed by atoms with Crippen LogP contribution in [0.3, 0.4) is 0 Å². The summed E-state index contributed by atoms with van der Waals surface area (Å²) in [5.41, 5.74) is 2.89. The fourth-order valence-electron chi connectivity index (χ4n) is 3.70. The quantitative estimate of drug-likeness (QED) is 0.692. The van der Waals surface area contributed by atoms with Crippen LogP contribution in [0.1, 0.15) is 24.5 Å². The van der Waals surface area contributed by atoms with E-state index < -0.39 is 10.0 Å². The molecule has 5 nitrogen and oxygen atoms in total. The van der Waals surface area contributed by atoms with Gasteiger partial charge in [-0.15, -0.1) is 11.3 Å². The number of fused-ring (bicyclic) bond motifs is 2. The van der Waals surface area contributed by atoms with E-state index in [1.54, 1.807) is 34.4 Å². The molecule has 0 fully saturated rings. The van der Waals surface area contributed by atoms with Crippen molar-refractivity contribution in [2.45, 2.75) is 31.1 Å². The molecule has 28 heavy (non-hydrogen) atoms. The molecule has 3 aromatic rings. The largest absolute Gasteiger partial charge is 0.312 e. The summed E-state index contributed by atoms with van der Waals surface area (Å²) in [5, 5.41) is 3.28. The number of hydrogen-bond acceptors (Lipinski definition) is 4. The summed E-state index contributed by atoms with van der Waals surface area (Å²) < 4.78 is 29.4. The van der Waals surface area contributed by atoms with E-state index in [0.717, 1.165) is 29.7 Å². The molecule has 2 heterocycles. The van der Waals surface area contributed by atoms with Gasteiger partial charge in [0.1, 0.15) is 0 Å². The van der Waals surface area contributed by atoms with Gasteiger partial charge in [-0.1, -0.05) is 18.2 Å². The summed E-state index contributed by atoms with van der Waals surface area (Å²) in [5.74, 6) is -0.0160. The SMILES string of the molecule is CC(=O)N1CCCc2cc(S(=O)(=O)NCCc3csc4ccccc34)ccc21. The van der Waals surface area contributed by atoms with Crippen LogP contribution >= 0.6 is 11.3 Å². The zero-order chi connectivity index (χ0) is 19.7. The lowest BCUT2D eigenvalue weighted by atomic mass is 10.0. The summed E-state index contributed by atoms with van der Waals surface area (Å²) in [4.78, 5) is 13.8. The van der Waals surface area contributed by atoms with Gasteiger partial charge in [0, 0.05) is 30.4 Å². The summed E-state index contributed by atoms with van der Waals surface area (Å²) in [6.45, 7) is 2.57. The lowest BCUT2D eigenvalue weighted by molar-refractivity contribution is -0.116. The topological polar surface area (TPSA) is 66.5 Å². The van der Waals surface area contributed by atoms with Crippen LogP contribution in [-0.2, 0) is 27.7 Å². The van der Waals surface area contributed by atoms with Gasteiger partial charge in [-0.05, 0) is 65.4 Å². The first-order chi connectivity index (χ1) is 13.5. The number of thiophene rings is 1. The van der Waals surface area contributed by atoms with Gasteiger partial charge in [-0.25, -0.2) is 13.1 Å². The van der Waals surface area contributed by atoms with Gasteiger partial charge in [-0.3, -0.25) is 4.79 Å². The van der Waals surface area contributed by atoms with Crippen molar-refractivity contribution in [1.29, 1.82) is 0 Å². The third-order valence-corrected chi connectivity index (χ3v) is 7.58. The first-order valence-electron chi connectivity index (χ1n) is 9.31. The van der Waals surface area contributed by atoms with Crippen LogP contribution < -0.4 is 9.62 Å². The number of anilines is 1. The van der Waals surface area contributed by atoms with E-state index in [1.165, 1.54) is 17.0 Å². The Balaban J connectivity index is 1.48. The smallest absolute Gasteiger partial charge is 0.240 e. The molecular weight excluding hydrogens is 392 g/mol. The first-order valence-corrected chi connectivity index (χ1v) is 11.7. The standard InChI is InChI=1S/C21H22N2O3S2/c1-15(24)23-12-4-5-16-13-18(8-9-20(16)23)28(25,26)22-11-10-17-14-27-21-7-3-2-6-19(17)21/h2-3,6-9,13-14,22H,4-5,10-12H2,1H3. The minimum absolute atomic E-state index is 0.0160. The second-order valence-electron chi connectivity index (χ2n) is 6.97. The number of nitrogens with zero attached hydrogens (tertiary/aromatic N) is 1. The number of carbonyl (C=O) groups excluding carboxylic acids is 1. The van der Waals surface area contributed by atoms with E-state index in [0.29, 0.717) is 19.5 Å². The molecule has 2 aromatic carbocycles. The normalized spacial score (nSPS) is 14.2. The molecule has 0 bridgehead atoms. The molecule has 0 unspecified atom stereocenters. The van der Waals surface area contributed by atoms with Crippen molar-refractivity contribution in [3.05, 3.63) is 59.0 Å². The number of nitrogens with one attached hydrogen (secondary N) is 1. The van der Waals surface area contributed by atoms with Gasteiger partial charge in [0.2, 0.25) is 15.9 Å². The fraction of sp³-hybridized carbons (Fsp3) is 0.286. The lowest BCUT2D eigenvalue weighted by Gasteiger charge is -2.28. The maximum Gasteiger partial charge on any atom is 0.240 e. The summed E-state index contributed by atoms with van der Waals surface area (Å²) in [7, 11) is -3.59. The minimum atomic E-state index is -3.59. The monoisotopic (exact) mass is 414 g/mol. The molecule has 0 saturated carbocycles. The van der Waals surface area contributed by atoms with Crippen LogP contribution in [0.5, 0.6) is 0 Å². The zero-order valence-corrected chi connectivity index (χ0v) is 17.3. The highest BCUT2D eigenvalue weighted by molar-refractivity contribution is 7.89. The van der Waals surface area contributed by atoms with Crippen molar-refractivity contribution in [3.8, 4) is 0 Å². The molecule has 0 aliphatic carbocycles. The average Bonchev–Trinajstić information content (AvgIpc) is 3.10. The zero-order valence-electron chi connectivity index (χ0n) is 15.6. The molecule has 0 radical (unpaired) electrons. The minimum Gasteiger partial charge on any atom is -0.312 e. The van der Waals surface area contributed by atoms with Crippen molar-refractivity contribution < 1.29 is 13.2 Å². The Morgan fingerprint density at radius 3 is 2.86 bits per heavy atom. The van der Waals surface area contributed by atoms with Crippen LogP contribution in [0.2, 0.25) is 0 Å². The van der Waals surface area contributed by atoms with Crippen molar-refractivity contribution in [2.24, 2.45) is 0 Å². The molecule has 1 aliphatic heterocycles. The van der Waals surface area contributed by atoms with Gasteiger partial charge in [0.05, 0.1) is 4.90 Å². The molecule has 146 valence electrons. The molecule has 7 heteroatoms. The molecule has 0 atom stereocenters. The Labute approximate surface area is 169 Å². The van der Waals surface area contributed by atoms with Crippen molar-refractivity contribution in [1.82, 2.24) is 4.72 Å². The Hall–Kier alpha value is -2.22. The Kier molecular flexibility index (Phi) is 5.23. The van der Waals surface area contributed by atoms with Crippen LogP contribution in [0, 0.1) is 0 Å². The number of aryl methyl sites for hydroxylation is 1. The maximum atomic E-state index is 12.7. The summed E-state index contributed by atoms with van der Waals surface area (Å²) in [6.07, 6.45) is 2.27. The van der Waals surface area contributed by atoms with Crippen LogP contribution in [0.4, 0.5) is 5.69 Å². The highest BCUT2D eigenvalue weighted by Gasteiger charge is 2.23. The van der Waals surface area contributed by atoms with Crippen molar-refractivity contribution >= 4 is 43.0 Å². The highest BCUT2D eigenvalue weighted by atomic mass is 32.2. The summed E-state index contributed by atoms with van der Waals surface area (Å²) >= 11 is 1.68. The molecule has 0 saturated heterocycles. The van der Waals surface area contributed by atoms with E-state index >= 15 is 0 Å². The van der Waals surface area contributed by atoms with E-state index in [9.17, 15) is 13.2 Å². The average molecular weight is 415 g/mol. The van der Waals surface area contributed by atoms with E-state index in [4.69, 9.17) is 0 Å². The van der Waals surface area contributed by atoms with Gasteiger partial charge in [0.15, 0.2) is 0 Å². The number of sulfonamides is 1. The third kappa shape index (κ3) is 3.70. The molecule has 0 spiro atoms. The fourth-order valence-corrected chi connectivity index (χ4v) is 5.78. The van der Waals surface area contributed by atoms with Gasteiger partial charge in [-0.2, -0.15) is 0 Å². The number of benzene rings is 2. The second-order valence-corrected chi connectivity index (χ2v) is 9.65. The number of rotatable bonds is 5.